The standard InChI is InChI=1S/C13H11BrN2O2/c14-13(10-4-2-1-3-5-10)9-11-8-12(16(17)18)6-7-15-11/h1-8,13H,9H2. The Bertz CT molecular complexity index is 546. The van der Waals surface area contributed by atoms with Crippen molar-refractivity contribution in [2.45, 2.75) is 11.2 Å². The summed E-state index contributed by atoms with van der Waals surface area (Å²) in [6.07, 6.45) is 2.09. The molecule has 1 aromatic heterocycles. The van der Waals surface area contributed by atoms with Gasteiger partial charge < -0.3 is 0 Å². The minimum atomic E-state index is -0.406. The van der Waals surface area contributed by atoms with E-state index in [9.17, 15) is 10.1 Å². The number of nitro groups is 1. The van der Waals surface area contributed by atoms with Crippen LogP contribution >= 0.6 is 15.9 Å². The topological polar surface area (TPSA) is 56.0 Å². The molecule has 0 amide bonds. The van der Waals surface area contributed by atoms with Crippen LogP contribution in [-0.4, -0.2) is 9.91 Å². The van der Waals surface area contributed by atoms with Gasteiger partial charge in [0.15, 0.2) is 0 Å². The lowest BCUT2D eigenvalue weighted by Gasteiger charge is -2.09. The normalized spacial score (nSPS) is 12.1. The molecule has 92 valence electrons. The maximum Gasteiger partial charge on any atom is 0.272 e. The zero-order valence-electron chi connectivity index (χ0n) is 9.49. The van der Waals surface area contributed by atoms with Crippen LogP contribution in [0.4, 0.5) is 5.69 Å². The number of pyridine rings is 1. The van der Waals surface area contributed by atoms with Crippen molar-refractivity contribution in [1.29, 1.82) is 0 Å². The van der Waals surface area contributed by atoms with E-state index in [4.69, 9.17) is 0 Å². The highest BCUT2D eigenvalue weighted by Crippen LogP contribution is 2.26. The smallest absolute Gasteiger partial charge is 0.261 e. The fourth-order valence-electron chi connectivity index (χ4n) is 1.65. The summed E-state index contributed by atoms with van der Waals surface area (Å²) < 4.78 is 0. The third kappa shape index (κ3) is 3.13. The van der Waals surface area contributed by atoms with Gasteiger partial charge in [-0.15, -0.1) is 0 Å². The molecule has 0 saturated carbocycles. The van der Waals surface area contributed by atoms with Crippen molar-refractivity contribution in [2.75, 3.05) is 0 Å². The summed E-state index contributed by atoms with van der Waals surface area (Å²) in [6, 6.07) is 12.8. The molecule has 18 heavy (non-hydrogen) atoms. The first-order chi connectivity index (χ1) is 8.66. The monoisotopic (exact) mass is 306 g/mol. The second kappa shape index (κ2) is 5.73. The van der Waals surface area contributed by atoms with Crippen LogP contribution in [0.1, 0.15) is 16.1 Å². The molecule has 1 heterocycles. The van der Waals surface area contributed by atoms with Crippen LogP contribution < -0.4 is 0 Å². The van der Waals surface area contributed by atoms with Crippen LogP contribution in [-0.2, 0) is 6.42 Å². The van der Waals surface area contributed by atoms with Gasteiger partial charge >= 0.3 is 0 Å². The molecule has 5 heteroatoms. The van der Waals surface area contributed by atoms with Gasteiger partial charge in [-0.05, 0) is 5.56 Å². The van der Waals surface area contributed by atoms with Crippen molar-refractivity contribution in [3.05, 3.63) is 70.0 Å². The van der Waals surface area contributed by atoms with Crippen LogP contribution in [0.15, 0.2) is 48.7 Å². The predicted molar refractivity (Wildman–Crippen MR) is 72.7 cm³/mol. The first kappa shape index (κ1) is 12.7. The van der Waals surface area contributed by atoms with E-state index in [0.717, 1.165) is 5.56 Å². The maximum absolute atomic E-state index is 10.7. The summed E-state index contributed by atoms with van der Waals surface area (Å²) in [7, 11) is 0. The van der Waals surface area contributed by atoms with Crippen molar-refractivity contribution >= 4 is 21.6 Å². The molecule has 0 fully saturated rings. The molecule has 0 bridgehead atoms. The van der Waals surface area contributed by atoms with Crippen LogP contribution in [0.25, 0.3) is 0 Å². The Kier molecular flexibility index (Phi) is 4.04. The Morgan fingerprint density at radius 2 is 2.00 bits per heavy atom. The summed E-state index contributed by atoms with van der Waals surface area (Å²) in [6.45, 7) is 0. The molecule has 1 atom stereocenters. The van der Waals surface area contributed by atoms with Crippen LogP contribution in [0.2, 0.25) is 0 Å². The highest BCUT2D eigenvalue weighted by atomic mass is 79.9. The van der Waals surface area contributed by atoms with Gasteiger partial charge in [-0.3, -0.25) is 15.1 Å². The minimum absolute atomic E-state index is 0.0766. The number of halogens is 1. The van der Waals surface area contributed by atoms with Crippen molar-refractivity contribution < 1.29 is 4.92 Å². The van der Waals surface area contributed by atoms with E-state index in [2.05, 4.69) is 20.9 Å². The zero-order chi connectivity index (χ0) is 13.0. The first-order valence-corrected chi connectivity index (χ1v) is 6.36. The lowest BCUT2D eigenvalue weighted by atomic mass is 10.1. The average Bonchev–Trinajstić information content (AvgIpc) is 2.40. The Labute approximate surface area is 113 Å². The fourth-order valence-corrected chi connectivity index (χ4v) is 2.29. The number of alkyl halides is 1. The van der Waals surface area contributed by atoms with Gasteiger partial charge in [0, 0.05) is 35.3 Å². The van der Waals surface area contributed by atoms with E-state index < -0.39 is 4.92 Å². The summed E-state index contributed by atoms with van der Waals surface area (Å²) in [5, 5.41) is 10.7. The van der Waals surface area contributed by atoms with Crippen LogP contribution in [0.5, 0.6) is 0 Å². The Hall–Kier alpha value is -1.75. The molecule has 1 aromatic carbocycles. The maximum atomic E-state index is 10.7. The van der Waals surface area contributed by atoms with Gasteiger partial charge in [0.1, 0.15) is 0 Å². The van der Waals surface area contributed by atoms with E-state index in [1.165, 1.54) is 18.3 Å². The van der Waals surface area contributed by atoms with Crippen molar-refractivity contribution in [2.24, 2.45) is 0 Å². The number of benzene rings is 1. The van der Waals surface area contributed by atoms with E-state index in [1.807, 2.05) is 30.3 Å². The summed E-state index contributed by atoms with van der Waals surface area (Å²) >= 11 is 3.57. The van der Waals surface area contributed by atoms with Crippen molar-refractivity contribution in [3.63, 3.8) is 0 Å². The van der Waals surface area contributed by atoms with Gasteiger partial charge in [0.25, 0.3) is 5.69 Å². The van der Waals surface area contributed by atoms with E-state index in [1.54, 1.807) is 0 Å². The van der Waals surface area contributed by atoms with E-state index >= 15 is 0 Å². The SMILES string of the molecule is O=[N+]([O-])c1ccnc(CC(Br)c2ccccc2)c1. The number of hydrogen-bond acceptors (Lipinski definition) is 3. The van der Waals surface area contributed by atoms with Crippen molar-refractivity contribution in [1.82, 2.24) is 4.98 Å². The number of aromatic nitrogens is 1. The van der Waals surface area contributed by atoms with Gasteiger partial charge in [-0.1, -0.05) is 46.3 Å². The lowest BCUT2D eigenvalue weighted by molar-refractivity contribution is -0.385. The third-order valence-electron chi connectivity index (χ3n) is 2.56. The summed E-state index contributed by atoms with van der Waals surface area (Å²) in [5.41, 5.74) is 1.91. The van der Waals surface area contributed by atoms with Gasteiger partial charge in [0.05, 0.1) is 4.92 Å². The first-order valence-electron chi connectivity index (χ1n) is 5.45. The molecular weight excluding hydrogens is 296 g/mol. The van der Waals surface area contributed by atoms with E-state index in [-0.39, 0.29) is 10.5 Å². The molecule has 0 aliphatic heterocycles. The molecule has 0 aliphatic carbocycles. The molecule has 2 rings (SSSR count). The largest absolute Gasteiger partial charge is 0.272 e. The fraction of sp³-hybridized carbons (Fsp3) is 0.154. The highest BCUT2D eigenvalue weighted by Gasteiger charge is 2.12. The predicted octanol–water partition coefficient (Wildman–Crippen LogP) is 3.67. The molecule has 0 N–H and O–H groups in total. The van der Waals surface area contributed by atoms with Crippen LogP contribution in [0.3, 0.4) is 0 Å². The molecule has 0 saturated heterocycles. The Balaban J connectivity index is 2.14. The lowest BCUT2D eigenvalue weighted by Crippen LogP contribution is -1.99. The third-order valence-corrected chi connectivity index (χ3v) is 3.41. The number of rotatable bonds is 4. The second-order valence-corrected chi connectivity index (χ2v) is 4.95. The van der Waals surface area contributed by atoms with Gasteiger partial charge in [0.2, 0.25) is 0 Å². The van der Waals surface area contributed by atoms with Gasteiger partial charge in [-0.2, -0.15) is 0 Å². The Morgan fingerprint density at radius 1 is 1.28 bits per heavy atom. The number of nitrogens with zero attached hydrogens (tertiary/aromatic N) is 2. The highest BCUT2D eigenvalue weighted by molar-refractivity contribution is 9.09. The van der Waals surface area contributed by atoms with Crippen LogP contribution in [0, 0.1) is 10.1 Å². The summed E-state index contributed by atoms with van der Waals surface area (Å²) in [5.74, 6) is 0. The molecule has 2 aromatic rings. The Morgan fingerprint density at radius 3 is 2.67 bits per heavy atom. The molecule has 4 nitrogen and oxygen atoms in total. The molecule has 0 radical (unpaired) electrons. The van der Waals surface area contributed by atoms with Crippen molar-refractivity contribution in [3.8, 4) is 0 Å². The van der Waals surface area contributed by atoms with E-state index in [0.29, 0.717) is 12.1 Å². The average molecular weight is 307 g/mol. The quantitative estimate of drug-likeness (QED) is 0.492. The molecule has 0 spiro atoms. The summed E-state index contributed by atoms with van der Waals surface area (Å²) in [4.78, 5) is 14.5. The number of hydrogen-bond donors (Lipinski definition) is 0. The molecule has 1 unspecified atom stereocenters. The zero-order valence-corrected chi connectivity index (χ0v) is 11.1. The minimum Gasteiger partial charge on any atom is -0.261 e. The second-order valence-electron chi connectivity index (χ2n) is 3.84. The molecular formula is C13H11BrN2O2. The molecule has 0 aliphatic rings. The van der Waals surface area contributed by atoms with Gasteiger partial charge in [-0.25, -0.2) is 0 Å².